The first-order valence-electron chi connectivity index (χ1n) is 12.3. The molecule has 5 N–H and O–H groups in total. The highest BCUT2D eigenvalue weighted by atomic mass is 16.3. The number of phenols is 1. The summed E-state index contributed by atoms with van der Waals surface area (Å²) in [5.74, 6) is -12.3. The van der Waals surface area contributed by atoms with Crippen LogP contribution in [0.3, 0.4) is 0 Å². The Morgan fingerprint density at radius 1 is 1.14 bits per heavy atom. The molecule has 0 heterocycles. The van der Waals surface area contributed by atoms with E-state index in [0.717, 1.165) is 24.8 Å². The predicted octanol–water partition coefficient (Wildman–Crippen LogP) is -0.429. The Bertz CT molecular complexity index is 1160. The summed E-state index contributed by atoms with van der Waals surface area (Å²) in [5.41, 5.74) is 3.62. The van der Waals surface area contributed by atoms with Crippen LogP contribution in [-0.2, 0) is 32.0 Å². The van der Waals surface area contributed by atoms with Crippen LogP contribution in [0.5, 0.6) is 5.75 Å². The largest absolute Gasteiger partial charge is 0.507 e. The summed E-state index contributed by atoms with van der Waals surface area (Å²) in [4.78, 5) is 67.2. The normalized spacial score (nSPS) is 33.8. The number of likely N-dealkylation sites (N-methyl/N-ethyl adjacent to an activating group) is 1. The molecule has 2 saturated carbocycles. The number of aromatic hydroxyl groups is 1. The van der Waals surface area contributed by atoms with E-state index in [1.165, 1.54) is 25.1 Å². The van der Waals surface area contributed by atoms with Gasteiger partial charge in [-0.25, -0.2) is 0 Å². The summed E-state index contributed by atoms with van der Waals surface area (Å²) in [6, 6.07) is 1.74. The third-order valence-electron chi connectivity index (χ3n) is 8.18. The molecule has 10 nitrogen and oxygen atoms in total. The zero-order valence-corrected chi connectivity index (χ0v) is 20.6. The number of nitrogens with zero attached hydrogens (tertiary/aromatic N) is 1. The Morgan fingerprint density at radius 2 is 1.81 bits per heavy atom. The lowest BCUT2D eigenvalue weighted by atomic mass is 9.51. The average Bonchev–Trinajstić information content (AvgIpc) is 2.80. The fourth-order valence-electron chi connectivity index (χ4n) is 6.48. The number of fused-ring (bicyclic) bond motifs is 3. The summed E-state index contributed by atoms with van der Waals surface area (Å²) in [6.45, 7) is 2.06. The van der Waals surface area contributed by atoms with E-state index >= 15 is 0 Å². The summed E-state index contributed by atoms with van der Waals surface area (Å²) >= 11 is 0. The van der Waals surface area contributed by atoms with Gasteiger partial charge in [0.25, 0.3) is 0 Å². The monoisotopic (exact) mass is 500 g/mol. The third-order valence-corrected chi connectivity index (χ3v) is 8.18. The van der Waals surface area contributed by atoms with Gasteiger partial charge < -0.3 is 21.1 Å². The third kappa shape index (κ3) is 3.54. The van der Waals surface area contributed by atoms with Crippen LogP contribution in [0.15, 0.2) is 12.1 Å². The lowest BCUT2D eigenvalue weighted by molar-refractivity contribution is -0.195. The van der Waals surface area contributed by atoms with Crippen molar-refractivity contribution in [1.29, 1.82) is 0 Å². The first kappa shape index (κ1) is 26.1. The molecule has 0 bridgehead atoms. The van der Waals surface area contributed by atoms with E-state index in [2.05, 4.69) is 6.92 Å². The van der Waals surface area contributed by atoms with Crippen molar-refractivity contribution >= 4 is 29.0 Å². The van der Waals surface area contributed by atoms with Crippen molar-refractivity contribution in [2.24, 2.45) is 29.4 Å². The van der Waals surface area contributed by atoms with Gasteiger partial charge in [-0.3, -0.25) is 28.9 Å². The zero-order valence-electron chi connectivity index (χ0n) is 20.6. The van der Waals surface area contributed by atoms with Crippen molar-refractivity contribution in [3.05, 3.63) is 28.8 Å². The number of carbonyl (C=O) groups excluding carboxylic acids is 5. The van der Waals surface area contributed by atoms with Crippen LogP contribution in [-0.4, -0.2) is 81.1 Å². The van der Waals surface area contributed by atoms with Crippen LogP contribution >= 0.6 is 0 Å². The molecule has 1 aromatic rings. The molecular formula is C26H32N2O8. The molecule has 0 saturated heterocycles. The van der Waals surface area contributed by atoms with Gasteiger partial charge >= 0.3 is 0 Å². The minimum absolute atomic E-state index is 0.0445. The number of hydrogen-bond acceptors (Lipinski definition) is 9. The molecule has 36 heavy (non-hydrogen) atoms. The molecule has 2 fully saturated rings. The Kier molecular flexibility index (Phi) is 6.65. The second kappa shape index (κ2) is 9.17. The number of primary amides is 1. The topological polar surface area (TPSA) is 175 Å². The minimum atomic E-state index is -2.97. The number of nitrogens with two attached hydrogens (primary N) is 1. The van der Waals surface area contributed by atoms with Gasteiger partial charge in [0.1, 0.15) is 5.75 Å². The van der Waals surface area contributed by atoms with Gasteiger partial charge in [-0.15, -0.1) is 0 Å². The van der Waals surface area contributed by atoms with E-state index < -0.39 is 70.5 Å². The second-order valence-corrected chi connectivity index (χ2v) is 10.4. The van der Waals surface area contributed by atoms with E-state index in [4.69, 9.17) is 5.73 Å². The number of unbranched alkanes of at least 4 members (excludes halogenated alkanes) is 2. The summed E-state index contributed by atoms with van der Waals surface area (Å²) in [6.07, 6.45) is 1.87. The van der Waals surface area contributed by atoms with Crippen LogP contribution in [0.4, 0.5) is 0 Å². The summed E-state index contributed by atoms with van der Waals surface area (Å²) < 4.78 is 0. The number of aliphatic hydroxyl groups is 2. The molecular weight excluding hydrogens is 468 g/mol. The number of hydrogen-bond donors (Lipinski definition) is 4. The van der Waals surface area contributed by atoms with Crippen LogP contribution in [0.1, 0.15) is 47.7 Å². The maximum atomic E-state index is 13.8. The molecule has 3 aliphatic rings. The van der Waals surface area contributed by atoms with E-state index in [-0.39, 0.29) is 17.7 Å². The Labute approximate surface area is 208 Å². The summed E-state index contributed by atoms with van der Waals surface area (Å²) in [5, 5.41) is 33.6. The first-order valence-corrected chi connectivity index (χ1v) is 12.3. The fraction of sp³-hybridized carbons (Fsp3) is 0.577. The van der Waals surface area contributed by atoms with Gasteiger partial charge in [0.05, 0.1) is 29.5 Å². The molecule has 0 radical (unpaired) electrons. The number of rotatable bonds is 6. The molecule has 3 aliphatic carbocycles. The number of Topliss-reactive ketones (excluding diaryl/α,β-unsaturated/α-hetero) is 4. The van der Waals surface area contributed by atoms with Crippen LogP contribution in [0, 0.1) is 23.7 Å². The van der Waals surface area contributed by atoms with E-state index in [0.29, 0.717) is 12.0 Å². The van der Waals surface area contributed by atoms with Gasteiger partial charge in [0, 0.05) is 5.92 Å². The quantitative estimate of drug-likeness (QED) is 0.298. The second-order valence-electron chi connectivity index (χ2n) is 10.4. The maximum Gasteiger partial charge on any atom is 0.235 e. The molecule has 0 spiro atoms. The van der Waals surface area contributed by atoms with E-state index in [1.807, 2.05) is 0 Å². The van der Waals surface area contributed by atoms with Gasteiger partial charge in [-0.2, -0.15) is 0 Å². The standard InChI is InChI=1S/C26H32N2O8/c1-4-5-6-7-11-8-9-14(29)15-12(11)10-13-16(21(15)31)23(33)26(36)18(20(13)30)19(28(2)3)22(32)17(24(26)34)25(27)35/h8-9,13,16-20,29-30,36H,4-7,10H2,1-3H3,(H2,27,35)/t13-,16?,17?,18-,19+,20+,26+/m0/s1. The Hall–Kier alpha value is -2.95. The molecule has 1 amide bonds. The number of aliphatic hydroxyl groups excluding tert-OH is 1. The van der Waals surface area contributed by atoms with Gasteiger partial charge in [-0.1, -0.05) is 25.8 Å². The number of phenolic OH excluding ortho intramolecular Hbond substituents is 1. The van der Waals surface area contributed by atoms with Gasteiger partial charge in [0.2, 0.25) is 5.91 Å². The lowest BCUT2D eigenvalue weighted by Crippen LogP contribution is -2.77. The number of benzene rings is 1. The van der Waals surface area contributed by atoms with Crippen molar-refractivity contribution in [2.45, 2.75) is 56.8 Å². The van der Waals surface area contributed by atoms with Crippen LogP contribution in [0.25, 0.3) is 0 Å². The number of ketones is 4. The zero-order chi connectivity index (χ0) is 26.7. The molecule has 0 aromatic heterocycles. The number of aryl methyl sites for hydroxylation is 1. The molecule has 4 rings (SSSR count). The average molecular weight is 501 g/mol. The molecule has 0 aliphatic heterocycles. The molecule has 7 atom stereocenters. The predicted molar refractivity (Wildman–Crippen MR) is 126 cm³/mol. The molecule has 10 heteroatoms. The fourth-order valence-corrected chi connectivity index (χ4v) is 6.48. The Balaban J connectivity index is 1.87. The highest BCUT2D eigenvalue weighted by molar-refractivity contribution is 6.32. The highest BCUT2D eigenvalue weighted by Gasteiger charge is 2.72. The Morgan fingerprint density at radius 3 is 2.39 bits per heavy atom. The minimum Gasteiger partial charge on any atom is -0.507 e. The SMILES string of the molecule is CCCCCc1ccc(O)c2c1C[C@H]1C(C2=O)C(=O)[C@@]2(O)C(=O)C(C(N)=O)C(=O)[C@H](N(C)C)[C@H]2[C@@H]1O. The van der Waals surface area contributed by atoms with Crippen molar-refractivity contribution in [3.63, 3.8) is 0 Å². The molecule has 194 valence electrons. The number of carbonyl (C=O) groups is 5. The lowest BCUT2D eigenvalue weighted by Gasteiger charge is -2.54. The van der Waals surface area contributed by atoms with Crippen molar-refractivity contribution in [1.82, 2.24) is 4.90 Å². The smallest absolute Gasteiger partial charge is 0.235 e. The highest BCUT2D eigenvalue weighted by Crippen LogP contribution is 2.51. The van der Waals surface area contributed by atoms with E-state index in [9.17, 15) is 39.3 Å². The maximum absolute atomic E-state index is 13.8. The number of amides is 1. The van der Waals surface area contributed by atoms with E-state index in [1.54, 1.807) is 6.07 Å². The summed E-state index contributed by atoms with van der Waals surface area (Å²) in [7, 11) is 2.93. The van der Waals surface area contributed by atoms with Gasteiger partial charge in [-0.05, 0) is 50.6 Å². The molecule has 1 aromatic carbocycles. The van der Waals surface area contributed by atoms with Crippen molar-refractivity contribution in [2.75, 3.05) is 14.1 Å². The van der Waals surface area contributed by atoms with Crippen molar-refractivity contribution < 1.29 is 39.3 Å². The molecule has 2 unspecified atom stereocenters. The first-order chi connectivity index (χ1) is 16.9. The van der Waals surface area contributed by atoms with Crippen LogP contribution in [0.2, 0.25) is 0 Å². The van der Waals surface area contributed by atoms with Crippen molar-refractivity contribution in [3.8, 4) is 5.75 Å². The van der Waals surface area contributed by atoms with Gasteiger partial charge in [0.15, 0.2) is 34.7 Å². The van der Waals surface area contributed by atoms with Crippen LogP contribution < -0.4 is 5.73 Å².